The van der Waals surface area contributed by atoms with Crippen molar-refractivity contribution in [1.82, 2.24) is 5.32 Å². The molecular weight excluding hydrogens is 192 g/mol. The van der Waals surface area contributed by atoms with Gasteiger partial charge in [-0.1, -0.05) is 19.1 Å². The maximum Gasteiger partial charge on any atom is 0.253 e. The van der Waals surface area contributed by atoms with Crippen molar-refractivity contribution >= 4 is 18.0 Å². The summed E-state index contributed by atoms with van der Waals surface area (Å²) in [4.78, 5) is 22.0. The van der Waals surface area contributed by atoms with Crippen LogP contribution >= 0.6 is 0 Å². The lowest BCUT2D eigenvalue weighted by atomic mass is 10.1. The van der Waals surface area contributed by atoms with Gasteiger partial charge in [-0.3, -0.25) is 9.59 Å². The van der Waals surface area contributed by atoms with Gasteiger partial charge in [-0.05, 0) is 18.6 Å². The van der Waals surface area contributed by atoms with Crippen molar-refractivity contribution in [3.63, 3.8) is 0 Å². The molecule has 0 aliphatic carbocycles. The Kier molecular flexibility index (Phi) is 4.34. The van der Waals surface area contributed by atoms with Gasteiger partial charge in [0.05, 0.1) is 11.3 Å². The molecule has 1 aromatic rings. The van der Waals surface area contributed by atoms with Gasteiger partial charge >= 0.3 is 0 Å². The molecule has 0 unspecified atom stereocenters. The van der Waals surface area contributed by atoms with Crippen LogP contribution in [0.15, 0.2) is 24.3 Å². The standard InChI is InChI=1S/C11H14N2O2/c1-2-7-12-11(15)9-5-3-4-6-10(9)13-8-14/h3-6,8H,2,7H2,1H3,(H,12,15)(H,13,14). The normalized spacial score (nSPS) is 9.40. The molecule has 0 aliphatic heterocycles. The van der Waals surface area contributed by atoms with Crippen LogP contribution in [0.2, 0.25) is 0 Å². The molecule has 0 aliphatic rings. The highest BCUT2D eigenvalue weighted by atomic mass is 16.1. The van der Waals surface area contributed by atoms with E-state index in [0.29, 0.717) is 24.2 Å². The minimum atomic E-state index is -0.165. The van der Waals surface area contributed by atoms with Crippen LogP contribution in [0, 0.1) is 0 Å². The molecule has 0 spiro atoms. The third-order valence-electron chi connectivity index (χ3n) is 1.92. The number of hydrogen-bond acceptors (Lipinski definition) is 2. The summed E-state index contributed by atoms with van der Waals surface area (Å²) in [6.07, 6.45) is 1.45. The largest absolute Gasteiger partial charge is 0.352 e. The molecule has 2 amide bonds. The van der Waals surface area contributed by atoms with Gasteiger partial charge in [0.2, 0.25) is 6.41 Å². The lowest BCUT2D eigenvalue weighted by Gasteiger charge is -2.07. The summed E-state index contributed by atoms with van der Waals surface area (Å²) in [5, 5.41) is 5.24. The molecule has 0 heterocycles. The highest BCUT2D eigenvalue weighted by molar-refractivity contribution is 6.01. The monoisotopic (exact) mass is 206 g/mol. The molecule has 4 heteroatoms. The Hall–Kier alpha value is -1.84. The summed E-state index contributed by atoms with van der Waals surface area (Å²) in [6, 6.07) is 6.89. The van der Waals surface area contributed by atoms with Gasteiger partial charge in [-0.25, -0.2) is 0 Å². The SMILES string of the molecule is CCCNC(=O)c1ccccc1NC=O. The number of hydrogen-bond donors (Lipinski definition) is 2. The second kappa shape index (κ2) is 5.80. The topological polar surface area (TPSA) is 58.2 Å². The highest BCUT2D eigenvalue weighted by Crippen LogP contribution is 2.13. The first kappa shape index (κ1) is 11.2. The van der Waals surface area contributed by atoms with E-state index in [1.54, 1.807) is 24.3 Å². The molecule has 0 bridgehead atoms. The van der Waals surface area contributed by atoms with Crippen LogP contribution in [0.3, 0.4) is 0 Å². The zero-order chi connectivity index (χ0) is 11.1. The summed E-state index contributed by atoms with van der Waals surface area (Å²) >= 11 is 0. The Morgan fingerprint density at radius 1 is 1.40 bits per heavy atom. The van der Waals surface area contributed by atoms with Crippen molar-refractivity contribution in [2.24, 2.45) is 0 Å². The second-order valence-electron chi connectivity index (χ2n) is 3.06. The van der Waals surface area contributed by atoms with Gasteiger partial charge in [0.1, 0.15) is 0 Å². The number of amides is 2. The first-order valence-corrected chi connectivity index (χ1v) is 4.87. The maximum atomic E-state index is 11.6. The average molecular weight is 206 g/mol. The Morgan fingerprint density at radius 2 is 2.13 bits per heavy atom. The van der Waals surface area contributed by atoms with Crippen LogP contribution < -0.4 is 10.6 Å². The fraction of sp³-hybridized carbons (Fsp3) is 0.273. The number of carbonyl (C=O) groups is 2. The molecule has 0 radical (unpaired) electrons. The predicted molar refractivity (Wildman–Crippen MR) is 58.8 cm³/mol. The van der Waals surface area contributed by atoms with Gasteiger partial charge in [-0.2, -0.15) is 0 Å². The lowest BCUT2D eigenvalue weighted by Crippen LogP contribution is -2.24. The Bertz CT molecular complexity index is 350. The minimum Gasteiger partial charge on any atom is -0.352 e. The van der Waals surface area contributed by atoms with Crippen molar-refractivity contribution < 1.29 is 9.59 Å². The van der Waals surface area contributed by atoms with Gasteiger partial charge in [0, 0.05) is 6.54 Å². The van der Waals surface area contributed by atoms with Crippen LogP contribution in [0.4, 0.5) is 5.69 Å². The first-order chi connectivity index (χ1) is 7.29. The fourth-order valence-electron chi connectivity index (χ4n) is 1.20. The molecular formula is C11H14N2O2. The molecule has 0 fully saturated rings. The lowest BCUT2D eigenvalue weighted by molar-refractivity contribution is -0.105. The van der Waals surface area contributed by atoms with Crippen molar-refractivity contribution in [3.05, 3.63) is 29.8 Å². The summed E-state index contributed by atoms with van der Waals surface area (Å²) in [7, 11) is 0. The van der Waals surface area contributed by atoms with E-state index in [2.05, 4.69) is 10.6 Å². The van der Waals surface area contributed by atoms with E-state index in [1.165, 1.54) is 0 Å². The number of nitrogens with one attached hydrogen (secondary N) is 2. The smallest absolute Gasteiger partial charge is 0.253 e. The van der Waals surface area contributed by atoms with E-state index in [9.17, 15) is 9.59 Å². The quantitative estimate of drug-likeness (QED) is 0.715. The van der Waals surface area contributed by atoms with Crippen LogP contribution in [0.5, 0.6) is 0 Å². The fourth-order valence-corrected chi connectivity index (χ4v) is 1.20. The predicted octanol–water partition coefficient (Wildman–Crippen LogP) is 1.39. The van der Waals surface area contributed by atoms with Crippen LogP contribution in [-0.2, 0) is 4.79 Å². The molecule has 0 saturated heterocycles. The van der Waals surface area contributed by atoms with E-state index in [-0.39, 0.29) is 5.91 Å². The maximum absolute atomic E-state index is 11.6. The zero-order valence-corrected chi connectivity index (χ0v) is 8.62. The summed E-state index contributed by atoms with van der Waals surface area (Å²) < 4.78 is 0. The van der Waals surface area contributed by atoms with E-state index in [0.717, 1.165) is 6.42 Å². The first-order valence-electron chi connectivity index (χ1n) is 4.87. The van der Waals surface area contributed by atoms with Gasteiger partial charge < -0.3 is 10.6 Å². The minimum absolute atomic E-state index is 0.165. The molecule has 1 aromatic carbocycles. The molecule has 4 nitrogen and oxygen atoms in total. The third kappa shape index (κ3) is 3.09. The number of rotatable bonds is 5. The van der Waals surface area contributed by atoms with Crippen molar-refractivity contribution in [3.8, 4) is 0 Å². The molecule has 0 atom stereocenters. The van der Waals surface area contributed by atoms with E-state index >= 15 is 0 Å². The van der Waals surface area contributed by atoms with E-state index in [1.807, 2.05) is 6.92 Å². The summed E-state index contributed by atoms with van der Waals surface area (Å²) in [6.45, 7) is 2.62. The third-order valence-corrected chi connectivity index (χ3v) is 1.92. The number of benzene rings is 1. The molecule has 0 aromatic heterocycles. The van der Waals surface area contributed by atoms with Gasteiger partial charge in [-0.15, -0.1) is 0 Å². The van der Waals surface area contributed by atoms with Gasteiger partial charge in [0.25, 0.3) is 5.91 Å². The summed E-state index contributed by atoms with van der Waals surface area (Å²) in [5.74, 6) is -0.165. The average Bonchev–Trinajstić information content (AvgIpc) is 2.27. The number of anilines is 1. The summed E-state index contributed by atoms with van der Waals surface area (Å²) in [5.41, 5.74) is 1.01. The van der Waals surface area contributed by atoms with Crippen molar-refractivity contribution in [2.45, 2.75) is 13.3 Å². The number of carbonyl (C=O) groups excluding carboxylic acids is 2. The zero-order valence-electron chi connectivity index (χ0n) is 8.62. The van der Waals surface area contributed by atoms with E-state index in [4.69, 9.17) is 0 Å². The highest BCUT2D eigenvalue weighted by Gasteiger charge is 2.08. The molecule has 80 valence electrons. The molecule has 0 saturated carbocycles. The second-order valence-corrected chi connectivity index (χ2v) is 3.06. The van der Waals surface area contributed by atoms with Crippen LogP contribution in [0.25, 0.3) is 0 Å². The Balaban J connectivity index is 2.82. The Morgan fingerprint density at radius 3 is 2.80 bits per heavy atom. The van der Waals surface area contributed by atoms with Crippen LogP contribution in [-0.4, -0.2) is 18.9 Å². The van der Waals surface area contributed by atoms with E-state index < -0.39 is 0 Å². The van der Waals surface area contributed by atoms with Crippen LogP contribution in [0.1, 0.15) is 23.7 Å². The number of para-hydroxylation sites is 1. The molecule has 1 rings (SSSR count). The van der Waals surface area contributed by atoms with Gasteiger partial charge in [0.15, 0.2) is 0 Å². The van der Waals surface area contributed by atoms with Crippen molar-refractivity contribution in [1.29, 1.82) is 0 Å². The Labute approximate surface area is 88.7 Å². The molecule has 15 heavy (non-hydrogen) atoms. The molecule has 2 N–H and O–H groups in total. The van der Waals surface area contributed by atoms with Crippen molar-refractivity contribution in [2.75, 3.05) is 11.9 Å².